The molecule has 0 aliphatic heterocycles. The summed E-state index contributed by atoms with van der Waals surface area (Å²) < 4.78 is 0. The van der Waals surface area contributed by atoms with E-state index in [9.17, 15) is 9.59 Å². The molecule has 154 valence electrons. The molecule has 6 heteroatoms. The highest BCUT2D eigenvalue weighted by Gasteiger charge is 2.17. The summed E-state index contributed by atoms with van der Waals surface area (Å²) in [4.78, 5) is 34.2. The highest BCUT2D eigenvalue weighted by molar-refractivity contribution is 5.77. The molecule has 0 unspecified atom stereocenters. The number of hydrogen-bond acceptors (Lipinski definition) is 3. The predicted octanol–water partition coefficient (Wildman–Crippen LogP) is 4.45. The van der Waals surface area contributed by atoms with Crippen LogP contribution in [-0.4, -0.2) is 33.5 Å². The predicted molar refractivity (Wildman–Crippen MR) is 114 cm³/mol. The number of benzene rings is 1. The molecule has 2 amide bonds. The minimum absolute atomic E-state index is 0.0960. The van der Waals surface area contributed by atoms with Crippen LogP contribution in [0.3, 0.4) is 0 Å². The van der Waals surface area contributed by atoms with Crippen LogP contribution in [-0.2, 0) is 6.54 Å². The maximum Gasteiger partial charge on any atom is 0.318 e. The molecule has 2 N–H and O–H groups in total. The van der Waals surface area contributed by atoms with Crippen LogP contribution in [0.25, 0.3) is 10.9 Å². The van der Waals surface area contributed by atoms with Crippen molar-refractivity contribution in [2.45, 2.75) is 72.4 Å². The van der Waals surface area contributed by atoms with Crippen LogP contribution in [0.5, 0.6) is 0 Å². The van der Waals surface area contributed by atoms with Gasteiger partial charge in [-0.1, -0.05) is 52.2 Å². The monoisotopic (exact) mass is 386 g/mol. The van der Waals surface area contributed by atoms with Gasteiger partial charge in [0.2, 0.25) is 0 Å². The number of para-hydroxylation sites is 1. The number of aromatic amines is 1. The van der Waals surface area contributed by atoms with Gasteiger partial charge in [-0.2, -0.15) is 0 Å². The van der Waals surface area contributed by atoms with Crippen LogP contribution in [0.1, 0.15) is 65.6 Å². The van der Waals surface area contributed by atoms with Gasteiger partial charge in [0.1, 0.15) is 5.82 Å². The number of amides is 2. The lowest BCUT2D eigenvalue weighted by Crippen LogP contribution is -2.44. The van der Waals surface area contributed by atoms with Crippen molar-refractivity contribution in [1.82, 2.24) is 20.2 Å². The summed E-state index contributed by atoms with van der Waals surface area (Å²) in [5.74, 6) is 1.20. The van der Waals surface area contributed by atoms with Crippen LogP contribution in [0, 0.1) is 5.92 Å². The Bertz CT molecular complexity index is 816. The molecule has 0 saturated heterocycles. The lowest BCUT2D eigenvalue weighted by atomic mass is 10.0. The molecule has 0 saturated carbocycles. The van der Waals surface area contributed by atoms with E-state index in [0.29, 0.717) is 35.7 Å². The van der Waals surface area contributed by atoms with Crippen molar-refractivity contribution in [3.05, 3.63) is 40.4 Å². The number of fused-ring (bicyclic) bond motifs is 1. The van der Waals surface area contributed by atoms with Crippen LogP contribution < -0.4 is 10.9 Å². The van der Waals surface area contributed by atoms with Crippen molar-refractivity contribution in [1.29, 1.82) is 0 Å². The third-order valence-corrected chi connectivity index (χ3v) is 4.86. The third kappa shape index (κ3) is 6.66. The Balaban J connectivity index is 2.06. The Labute approximate surface area is 167 Å². The Morgan fingerprint density at radius 2 is 1.93 bits per heavy atom. The van der Waals surface area contributed by atoms with E-state index in [-0.39, 0.29) is 17.6 Å². The van der Waals surface area contributed by atoms with Crippen LogP contribution in [0.4, 0.5) is 4.79 Å². The summed E-state index contributed by atoms with van der Waals surface area (Å²) in [5, 5.41) is 3.67. The van der Waals surface area contributed by atoms with Gasteiger partial charge in [0.25, 0.3) is 5.56 Å². The molecule has 2 aromatic rings. The minimum Gasteiger partial charge on any atom is -0.336 e. The fraction of sp³-hybridized carbons (Fsp3) is 0.591. The standard InChI is InChI=1S/C22H34N4O2/c1-5-6-14-26(22(28)23-17(4)11-9-10-16(2)3)15-20-24-19-13-8-7-12-18(19)21(27)25-20/h7-8,12-13,16-17H,5-6,9-11,14-15H2,1-4H3,(H,23,28)(H,24,25,27)/t17-/m1/s1. The summed E-state index contributed by atoms with van der Waals surface area (Å²) in [5.41, 5.74) is 0.484. The van der Waals surface area contributed by atoms with Gasteiger partial charge < -0.3 is 15.2 Å². The molecule has 28 heavy (non-hydrogen) atoms. The lowest BCUT2D eigenvalue weighted by Gasteiger charge is -2.25. The number of H-pyrrole nitrogens is 1. The third-order valence-electron chi connectivity index (χ3n) is 4.86. The maximum atomic E-state index is 12.8. The highest BCUT2D eigenvalue weighted by atomic mass is 16.2. The molecule has 1 aromatic heterocycles. The summed E-state index contributed by atoms with van der Waals surface area (Å²) >= 11 is 0. The van der Waals surface area contributed by atoms with Crippen LogP contribution >= 0.6 is 0 Å². The molecule has 6 nitrogen and oxygen atoms in total. The number of nitrogens with one attached hydrogen (secondary N) is 2. The van der Waals surface area contributed by atoms with Crippen molar-refractivity contribution in [3.63, 3.8) is 0 Å². The SMILES string of the molecule is CCCCN(Cc1nc2ccccc2c(=O)[nH]1)C(=O)N[C@H](C)CCCC(C)C. The molecule has 2 rings (SSSR count). The van der Waals surface area contributed by atoms with Gasteiger partial charge in [-0.3, -0.25) is 4.79 Å². The summed E-state index contributed by atoms with van der Waals surface area (Å²) in [6.45, 7) is 9.51. The second kappa shape index (κ2) is 10.8. The Hall–Kier alpha value is -2.37. The van der Waals surface area contributed by atoms with E-state index in [0.717, 1.165) is 25.7 Å². The molecule has 1 heterocycles. The van der Waals surface area contributed by atoms with E-state index in [1.165, 1.54) is 6.42 Å². The van der Waals surface area contributed by atoms with Crippen molar-refractivity contribution in [3.8, 4) is 0 Å². The van der Waals surface area contributed by atoms with E-state index >= 15 is 0 Å². The number of hydrogen-bond donors (Lipinski definition) is 2. The fourth-order valence-electron chi connectivity index (χ4n) is 3.20. The van der Waals surface area contributed by atoms with Gasteiger partial charge in [-0.25, -0.2) is 9.78 Å². The van der Waals surface area contributed by atoms with Gasteiger partial charge in [-0.05, 0) is 37.8 Å². The summed E-state index contributed by atoms with van der Waals surface area (Å²) in [7, 11) is 0. The van der Waals surface area contributed by atoms with Gasteiger partial charge in [0.05, 0.1) is 17.4 Å². The van der Waals surface area contributed by atoms with E-state index in [1.54, 1.807) is 11.0 Å². The molecule has 0 bridgehead atoms. The number of aromatic nitrogens is 2. The average molecular weight is 387 g/mol. The number of nitrogens with zero attached hydrogens (tertiary/aromatic N) is 2. The first kappa shape index (κ1) is 21.9. The quantitative estimate of drug-likeness (QED) is 0.633. The second-order valence-electron chi connectivity index (χ2n) is 7.98. The topological polar surface area (TPSA) is 78.1 Å². The summed E-state index contributed by atoms with van der Waals surface area (Å²) in [6.07, 6.45) is 5.15. The van der Waals surface area contributed by atoms with Crippen molar-refractivity contribution < 1.29 is 4.79 Å². The Kier molecular flexibility index (Phi) is 8.48. The molecule has 0 radical (unpaired) electrons. The first-order valence-corrected chi connectivity index (χ1v) is 10.4. The maximum absolute atomic E-state index is 12.8. The molecule has 0 aliphatic carbocycles. The van der Waals surface area contributed by atoms with Crippen molar-refractivity contribution in [2.75, 3.05) is 6.54 Å². The molecule has 1 atom stereocenters. The van der Waals surface area contributed by atoms with Crippen molar-refractivity contribution >= 4 is 16.9 Å². The van der Waals surface area contributed by atoms with E-state index in [1.807, 2.05) is 25.1 Å². The van der Waals surface area contributed by atoms with Crippen LogP contribution in [0.15, 0.2) is 29.1 Å². The first-order valence-electron chi connectivity index (χ1n) is 10.4. The van der Waals surface area contributed by atoms with Crippen LogP contribution in [0.2, 0.25) is 0 Å². The number of rotatable bonds is 10. The Morgan fingerprint density at radius 3 is 2.64 bits per heavy atom. The smallest absolute Gasteiger partial charge is 0.318 e. The zero-order valence-corrected chi connectivity index (χ0v) is 17.6. The number of carbonyl (C=O) groups excluding carboxylic acids is 1. The highest BCUT2D eigenvalue weighted by Crippen LogP contribution is 2.10. The number of carbonyl (C=O) groups is 1. The zero-order valence-electron chi connectivity index (χ0n) is 17.6. The van der Waals surface area contributed by atoms with E-state index in [4.69, 9.17) is 0 Å². The molecule has 0 aliphatic rings. The zero-order chi connectivity index (χ0) is 20.5. The fourth-order valence-corrected chi connectivity index (χ4v) is 3.20. The number of urea groups is 1. The van der Waals surface area contributed by atoms with Gasteiger partial charge in [0.15, 0.2) is 0 Å². The first-order chi connectivity index (χ1) is 13.4. The normalized spacial score (nSPS) is 12.3. The second-order valence-corrected chi connectivity index (χ2v) is 7.98. The molecular formula is C22H34N4O2. The molecular weight excluding hydrogens is 352 g/mol. The van der Waals surface area contributed by atoms with Gasteiger partial charge in [0, 0.05) is 12.6 Å². The molecule has 0 fully saturated rings. The van der Waals surface area contributed by atoms with Crippen molar-refractivity contribution in [2.24, 2.45) is 5.92 Å². The van der Waals surface area contributed by atoms with E-state index in [2.05, 4.69) is 36.1 Å². The largest absolute Gasteiger partial charge is 0.336 e. The molecule has 1 aromatic carbocycles. The summed E-state index contributed by atoms with van der Waals surface area (Å²) in [6, 6.07) is 7.28. The van der Waals surface area contributed by atoms with E-state index < -0.39 is 0 Å². The van der Waals surface area contributed by atoms with Gasteiger partial charge >= 0.3 is 6.03 Å². The minimum atomic E-state index is -0.168. The molecule has 0 spiro atoms. The Morgan fingerprint density at radius 1 is 1.18 bits per heavy atom. The lowest BCUT2D eigenvalue weighted by molar-refractivity contribution is 0.188. The van der Waals surface area contributed by atoms with Gasteiger partial charge in [-0.15, -0.1) is 0 Å². The average Bonchev–Trinajstić information content (AvgIpc) is 2.64. The number of unbranched alkanes of at least 4 members (excludes halogenated alkanes) is 1.